The summed E-state index contributed by atoms with van der Waals surface area (Å²) in [5.41, 5.74) is 2.76. The number of halogens is 3. The Balaban J connectivity index is 1.41. The average molecular weight is 379 g/mol. The van der Waals surface area contributed by atoms with E-state index in [1.807, 2.05) is 28.9 Å². The molecule has 1 fully saturated rings. The molecule has 1 aliphatic rings. The standard InChI is InChI=1S/C18H17Cl2FN4/c19-13-9-17(20)18-22-15(12-25(18)10-13)11-23-5-7-24(8-6-23)16-3-1-14(21)2-4-16/h1-4,9-10,12H,5-8,11H2. The number of nitrogens with zero attached hydrogens (tertiary/aromatic N) is 4. The third-order valence-electron chi connectivity index (χ3n) is 4.47. The van der Waals surface area contributed by atoms with Crippen LogP contribution in [-0.2, 0) is 6.54 Å². The zero-order chi connectivity index (χ0) is 17.4. The third kappa shape index (κ3) is 3.59. The number of anilines is 1. The van der Waals surface area contributed by atoms with Crippen molar-refractivity contribution < 1.29 is 4.39 Å². The minimum Gasteiger partial charge on any atom is -0.369 e. The number of hydrogen-bond donors (Lipinski definition) is 0. The number of imidazole rings is 1. The number of benzene rings is 1. The molecular formula is C18H17Cl2FN4. The fourth-order valence-electron chi connectivity index (χ4n) is 3.20. The van der Waals surface area contributed by atoms with E-state index in [0.29, 0.717) is 10.0 Å². The van der Waals surface area contributed by atoms with Gasteiger partial charge in [-0.1, -0.05) is 23.2 Å². The predicted molar refractivity (Wildman–Crippen MR) is 99.1 cm³/mol. The van der Waals surface area contributed by atoms with Crippen LogP contribution in [0.3, 0.4) is 0 Å². The Bertz CT molecular complexity index is 886. The normalized spacial score (nSPS) is 15.9. The van der Waals surface area contributed by atoms with Gasteiger partial charge in [0.25, 0.3) is 0 Å². The van der Waals surface area contributed by atoms with Gasteiger partial charge in [-0.2, -0.15) is 0 Å². The van der Waals surface area contributed by atoms with Gasteiger partial charge >= 0.3 is 0 Å². The van der Waals surface area contributed by atoms with Crippen molar-refractivity contribution in [3.8, 4) is 0 Å². The van der Waals surface area contributed by atoms with Crippen molar-refractivity contribution >= 4 is 34.5 Å². The van der Waals surface area contributed by atoms with Crippen LogP contribution in [-0.4, -0.2) is 40.5 Å². The molecular weight excluding hydrogens is 362 g/mol. The van der Waals surface area contributed by atoms with Gasteiger partial charge in [0.15, 0.2) is 5.65 Å². The molecule has 4 rings (SSSR count). The molecule has 130 valence electrons. The minimum absolute atomic E-state index is 0.201. The van der Waals surface area contributed by atoms with Crippen molar-refractivity contribution in [2.75, 3.05) is 31.1 Å². The van der Waals surface area contributed by atoms with Gasteiger partial charge < -0.3 is 9.30 Å². The van der Waals surface area contributed by atoms with E-state index < -0.39 is 0 Å². The highest BCUT2D eigenvalue weighted by Gasteiger charge is 2.18. The van der Waals surface area contributed by atoms with Crippen LogP contribution in [0.1, 0.15) is 5.69 Å². The Morgan fingerprint density at radius 3 is 2.44 bits per heavy atom. The Morgan fingerprint density at radius 1 is 1.00 bits per heavy atom. The van der Waals surface area contributed by atoms with Crippen LogP contribution in [0.15, 0.2) is 42.7 Å². The summed E-state index contributed by atoms with van der Waals surface area (Å²) in [5, 5.41) is 1.15. The van der Waals surface area contributed by atoms with E-state index in [2.05, 4.69) is 14.8 Å². The topological polar surface area (TPSA) is 23.8 Å². The first-order chi connectivity index (χ1) is 12.1. The van der Waals surface area contributed by atoms with Gasteiger partial charge in [0.1, 0.15) is 5.82 Å². The minimum atomic E-state index is -0.201. The van der Waals surface area contributed by atoms with E-state index >= 15 is 0 Å². The molecule has 1 aromatic carbocycles. The highest BCUT2D eigenvalue weighted by Crippen LogP contribution is 2.23. The number of piperazine rings is 1. The summed E-state index contributed by atoms with van der Waals surface area (Å²) in [4.78, 5) is 9.24. The lowest BCUT2D eigenvalue weighted by molar-refractivity contribution is 0.247. The smallest absolute Gasteiger partial charge is 0.156 e. The van der Waals surface area contributed by atoms with Crippen molar-refractivity contribution in [2.24, 2.45) is 0 Å². The lowest BCUT2D eigenvalue weighted by Gasteiger charge is -2.35. The largest absolute Gasteiger partial charge is 0.369 e. The van der Waals surface area contributed by atoms with Crippen molar-refractivity contribution in [3.05, 3.63) is 64.3 Å². The van der Waals surface area contributed by atoms with Gasteiger partial charge in [0.05, 0.1) is 15.7 Å². The summed E-state index contributed by atoms with van der Waals surface area (Å²) in [5.74, 6) is -0.201. The number of pyridine rings is 1. The predicted octanol–water partition coefficient (Wildman–Crippen LogP) is 4.10. The second kappa shape index (κ2) is 6.83. The first-order valence-corrected chi connectivity index (χ1v) is 8.89. The summed E-state index contributed by atoms with van der Waals surface area (Å²) in [6.07, 6.45) is 3.78. The van der Waals surface area contributed by atoms with E-state index in [-0.39, 0.29) is 5.82 Å². The maximum absolute atomic E-state index is 13.0. The van der Waals surface area contributed by atoms with Crippen LogP contribution >= 0.6 is 23.2 Å². The Hall–Kier alpha value is -1.82. The fraction of sp³-hybridized carbons (Fsp3) is 0.278. The summed E-state index contributed by atoms with van der Waals surface area (Å²) in [7, 11) is 0. The van der Waals surface area contributed by atoms with Crippen LogP contribution in [0.25, 0.3) is 5.65 Å². The summed E-state index contributed by atoms with van der Waals surface area (Å²) >= 11 is 12.2. The second-order valence-electron chi connectivity index (χ2n) is 6.21. The van der Waals surface area contributed by atoms with Gasteiger partial charge in [0.2, 0.25) is 0 Å². The molecule has 0 spiro atoms. The Morgan fingerprint density at radius 2 is 1.72 bits per heavy atom. The maximum Gasteiger partial charge on any atom is 0.156 e. The van der Waals surface area contributed by atoms with Gasteiger partial charge in [-0.3, -0.25) is 4.90 Å². The number of hydrogen-bond acceptors (Lipinski definition) is 3. The van der Waals surface area contributed by atoms with Crippen LogP contribution in [0.4, 0.5) is 10.1 Å². The third-order valence-corrected chi connectivity index (χ3v) is 4.96. The van der Waals surface area contributed by atoms with Crippen molar-refractivity contribution in [1.82, 2.24) is 14.3 Å². The summed E-state index contributed by atoms with van der Waals surface area (Å²) in [6, 6.07) is 8.38. The number of fused-ring (bicyclic) bond motifs is 1. The van der Waals surface area contributed by atoms with E-state index in [9.17, 15) is 4.39 Å². The Kier molecular flexibility index (Phi) is 4.54. The maximum atomic E-state index is 13.0. The zero-order valence-electron chi connectivity index (χ0n) is 13.5. The number of rotatable bonds is 3. The quantitative estimate of drug-likeness (QED) is 0.685. The molecule has 0 atom stereocenters. The molecule has 1 aliphatic heterocycles. The number of aromatic nitrogens is 2. The Labute approximate surface area is 155 Å². The monoisotopic (exact) mass is 378 g/mol. The van der Waals surface area contributed by atoms with Crippen molar-refractivity contribution in [2.45, 2.75) is 6.54 Å². The molecule has 3 heterocycles. The van der Waals surface area contributed by atoms with Crippen LogP contribution in [0.2, 0.25) is 10.0 Å². The van der Waals surface area contributed by atoms with Crippen molar-refractivity contribution in [3.63, 3.8) is 0 Å². The van der Waals surface area contributed by atoms with Crippen LogP contribution < -0.4 is 4.90 Å². The van der Waals surface area contributed by atoms with Gasteiger partial charge in [-0.25, -0.2) is 9.37 Å². The highest BCUT2D eigenvalue weighted by molar-refractivity contribution is 6.36. The molecule has 0 radical (unpaired) electrons. The van der Waals surface area contributed by atoms with Crippen molar-refractivity contribution in [1.29, 1.82) is 0 Å². The molecule has 25 heavy (non-hydrogen) atoms. The van der Waals surface area contributed by atoms with Crippen LogP contribution in [0, 0.1) is 5.82 Å². The molecule has 2 aromatic heterocycles. The molecule has 1 saturated heterocycles. The molecule has 0 amide bonds. The van der Waals surface area contributed by atoms with E-state index in [1.165, 1.54) is 12.1 Å². The van der Waals surface area contributed by atoms with Gasteiger partial charge in [-0.05, 0) is 30.3 Å². The van der Waals surface area contributed by atoms with E-state index in [1.54, 1.807) is 6.07 Å². The molecule has 7 heteroatoms. The molecule has 0 saturated carbocycles. The fourth-order valence-corrected chi connectivity index (χ4v) is 3.72. The molecule has 4 nitrogen and oxygen atoms in total. The summed E-state index contributed by atoms with van der Waals surface area (Å²) < 4.78 is 14.9. The molecule has 0 bridgehead atoms. The molecule has 3 aromatic rings. The lowest BCUT2D eigenvalue weighted by atomic mass is 10.2. The first kappa shape index (κ1) is 16.6. The lowest BCUT2D eigenvalue weighted by Crippen LogP contribution is -2.46. The molecule has 0 aliphatic carbocycles. The molecule has 0 N–H and O–H groups in total. The van der Waals surface area contributed by atoms with E-state index in [0.717, 1.165) is 49.8 Å². The molecule has 0 unspecified atom stereocenters. The van der Waals surface area contributed by atoms with E-state index in [4.69, 9.17) is 23.2 Å². The zero-order valence-corrected chi connectivity index (χ0v) is 15.0. The second-order valence-corrected chi connectivity index (χ2v) is 7.05. The average Bonchev–Trinajstić information content (AvgIpc) is 2.99. The van der Waals surface area contributed by atoms with Gasteiger partial charge in [-0.15, -0.1) is 0 Å². The highest BCUT2D eigenvalue weighted by atomic mass is 35.5. The summed E-state index contributed by atoms with van der Waals surface area (Å²) in [6.45, 7) is 4.45. The SMILES string of the molecule is Fc1ccc(N2CCN(Cc3cn4cc(Cl)cc(Cl)c4n3)CC2)cc1. The van der Waals surface area contributed by atoms with Crippen LogP contribution in [0.5, 0.6) is 0 Å². The van der Waals surface area contributed by atoms with Gasteiger partial charge in [0, 0.05) is 50.8 Å². The first-order valence-electron chi connectivity index (χ1n) is 8.14.